The van der Waals surface area contributed by atoms with Crippen molar-refractivity contribution in [1.82, 2.24) is 14.7 Å². The Kier molecular flexibility index (Phi) is 3.32. The van der Waals surface area contributed by atoms with Crippen LogP contribution in [0.4, 0.5) is 0 Å². The Morgan fingerprint density at radius 3 is 2.75 bits per heavy atom. The second-order valence-corrected chi connectivity index (χ2v) is 5.97. The van der Waals surface area contributed by atoms with E-state index >= 15 is 0 Å². The lowest BCUT2D eigenvalue weighted by molar-refractivity contribution is -0.00715. The molecule has 0 spiro atoms. The van der Waals surface area contributed by atoms with Gasteiger partial charge >= 0.3 is 0 Å². The summed E-state index contributed by atoms with van der Waals surface area (Å²) in [5.74, 6) is 0.115. The maximum absolute atomic E-state index is 12.8. The zero-order valence-corrected chi connectivity index (χ0v) is 12.7. The molecule has 2 heterocycles. The largest absolute Gasteiger partial charge is 0.369 e. The van der Waals surface area contributed by atoms with Gasteiger partial charge in [-0.3, -0.25) is 9.48 Å². The number of amides is 1. The van der Waals surface area contributed by atoms with Crippen molar-refractivity contribution < 1.29 is 9.53 Å². The number of carbonyl (C=O) groups is 1. The first-order chi connectivity index (χ1) is 9.52. The molecule has 5 nitrogen and oxygen atoms in total. The molecule has 110 valence electrons. The molecule has 1 aromatic rings. The monoisotopic (exact) mass is 277 g/mol. The molecule has 1 aliphatic carbocycles. The van der Waals surface area contributed by atoms with E-state index in [4.69, 9.17) is 4.74 Å². The Morgan fingerprint density at radius 2 is 2.15 bits per heavy atom. The predicted octanol–water partition coefficient (Wildman–Crippen LogP) is 2.16. The number of hydrogen-bond acceptors (Lipinski definition) is 3. The highest BCUT2D eigenvalue weighted by Crippen LogP contribution is 2.33. The summed E-state index contributed by atoms with van der Waals surface area (Å²) < 4.78 is 7.68. The van der Waals surface area contributed by atoms with Gasteiger partial charge in [-0.2, -0.15) is 5.10 Å². The van der Waals surface area contributed by atoms with Gasteiger partial charge in [0.05, 0.1) is 17.9 Å². The van der Waals surface area contributed by atoms with Gasteiger partial charge in [0.2, 0.25) is 0 Å². The molecule has 1 aromatic heterocycles. The minimum absolute atomic E-state index is 0.0284. The molecule has 1 amide bonds. The predicted molar refractivity (Wildman–Crippen MR) is 75.7 cm³/mol. The number of fused-ring (bicyclic) bond motifs is 1. The number of aromatic nitrogens is 2. The Morgan fingerprint density at radius 1 is 1.45 bits per heavy atom. The highest BCUT2D eigenvalue weighted by molar-refractivity contribution is 5.94. The summed E-state index contributed by atoms with van der Waals surface area (Å²) in [7, 11) is 1.91. The Labute approximate surface area is 119 Å². The molecule has 0 aromatic carbocycles. The summed E-state index contributed by atoms with van der Waals surface area (Å²) in [6, 6.07) is 0.424. The maximum atomic E-state index is 12.8. The molecule has 3 rings (SSSR count). The van der Waals surface area contributed by atoms with Gasteiger partial charge in [0.15, 0.2) is 0 Å². The average Bonchev–Trinajstić information content (AvgIpc) is 3.18. The van der Waals surface area contributed by atoms with E-state index < -0.39 is 0 Å². The smallest absolute Gasteiger partial charge is 0.272 e. The van der Waals surface area contributed by atoms with E-state index in [-0.39, 0.29) is 18.1 Å². The molecule has 1 saturated carbocycles. The third kappa shape index (κ3) is 2.14. The SMILES string of the molecule is CCn1nc2c(c1C(=O)N(C)C1CC1)C[C@H](C)O[C@@H]2C. The first-order valence-corrected chi connectivity index (χ1v) is 7.55. The topological polar surface area (TPSA) is 47.4 Å². The second kappa shape index (κ2) is 4.88. The molecule has 0 saturated heterocycles. The number of nitrogens with zero attached hydrogens (tertiary/aromatic N) is 3. The van der Waals surface area contributed by atoms with Gasteiger partial charge in [-0.05, 0) is 33.6 Å². The molecular formula is C15H23N3O2. The van der Waals surface area contributed by atoms with Crippen molar-refractivity contribution >= 4 is 5.91 Å². The van der Waals surface area contributed by atoms with E-state index in [2.05, 4.69) is 12.0 Å². The fraction of sp³-hybridized carbons (Fsp3) is 0.733. The molecule has 0 unspecified atom stereocenters. The van der Waals surface area contributed by atoms with Crippen molar-refractivity contribution in [3.05, 3.63) is 17.0 Å². The molecule has 0 bridgehead atoms. The van der Waals surface area contributed by atoms with Crippen LogP contribution in [0.1, 0.15) is 61.5 Å². The number of aryl methyl sites for hydroxylation is 1. The summed E-state index contributed by atoms with van der Waals surface area (Å²) >= 11 is 0. The minimum Gasteiger partial charge on any atom is -0.369 e. The van der Waals surface area contributed by atoms with Crippen LogP contribution in [0.15, 0.2) is 0 Å². The van der Waals surface area contributed by atoms with Crippen molar-refractivity contribution in [2.24, 2.45) is 0 Å². The Hall–Kier alpha value is -1.36. The van der Waals surface area contributed by atoms with Crippen molar-refractivity contribution in [2.45, 2.75) is 64.8 Å². The minimum atomic E-state index is -0.0284. The van der Waals surface area contributed by atoms with Gasteiger partial charge in [-0.1, -0.05) is 0 Å². The molecule has 20 heavy (non-hydrogen) atoms. The lowest BCUT2D eigenvalue weighted by atomic mass is 9.99. The fourth-order valence-electron chi connectivity index (χ4n) is 3.06. The van der Waals surface area contributed by atoms with Crippen molar-refractivity contribution in [3.63, 3.8) is 0 Å². The van der Waals surface area contributed by atoms with E-state index in [1.807, 2.05) is 30.5 Å². The highest BCUT2D eigenvalue weighted by atomic mass is 16.5. The Bertz CT molecular complexity index is 533. The third-order valence-corrected chi connectivity index (χ3v) is 4.31. The zero-order chi connectivity index (χ0) is 14.4. The Balaban J connectivity index is 2.02. The standard InChI is InChI=1S/C15H23N3O2/c1-5-18-14(15(19)17(4)11-6-7-11)12-8-9(2)20-10(3)13(12)16-18/h9-11H,5-8H2,1-4H3/t9-,10+/m0/s1. The van der Waals surface area contributed by atoms with Crippen LogP contribution < -0.4 is 0 Å². The van der Waals surface area contributed by atoms with E-state index in [1.165, 1.54) is 0 Å². The van der Waals surface area contributed by atoms with E-state index in [9.17, 15) is 4.79 Å². The maximum Gasteiger partial charge on any atom is 0.272 e. The summed E-state index contributed by atoms with van der Waals surface area (Å²) in [5, 5.41) is 4.61. The first-order valence-electron chi connectivity index (χ1n) is 7.55. The normalized spacial score (nSPS) is 25.4. The summed E-state index contributed by atoms with van der Waals surface area (Å²) in [6.45, 7) is 6.82. The average molecular weight is 277 g/mol. The van der Waals surface area contributed by atoms with Crippen LogP contribution in [0, 0.1) is 0 Å². The zero-order valence-electron chi connectivity index (χ0n) is 12.7. The molecule has 2 aliphatic rings. The van der Waals surface area contributed by atoms with Gasteiger partial charge in [-0.25, -0.2) is 0 Å². The summed E-state index contributed by atoms with van der Waals surface area (Å²) in [4.78, 5) is 14.7. The van der Waals surface area contributed by atoms with Crippen LogP contribution in [0.3, 0.4) is 0 Å². The molecule has 1 aliphatic heterocycles. The van der Waals surface area contributed by atoms with Gasteiger partial charge in [0, 0.05) is 31.6 Å². The summed E-state index contributed by atoms with van der Waals surface area (Å²) in [5.41, 5.74) is 2.81. The van der Waals surface area contributed by atoms with Crippen LogP contribution in [-0.2, 0) is 17.7 Å². The van der Waals surface area contributed by atoms with Crippen LogP contribution >= 0.6 is 0 Å². The summed E-state index contributed by atoms with van der Waals surface area (Å²) in [6.07, 6.45) is 3.14. The lowest BCUT2D eigenvalue weighted by Crippen LogP contribution is -2.32. The van der Waals surface area contributed by atoms with Crippen molar-refractivity contribution in [1.29, 1.82) is 0 Å². The van der Waals surface area contributed by atoms with E-state index in [0.717, 1.165) is 36.2 Å². The molecule has 0 radical (unpaired) electrons. The quantitative estimate of drug-likeness (QED) is 0.850. The molecule has 2 atom stereocenters. The van der Waals surface area contributed by atoms with Crippen molar-refractivity contribution in [2.75, 3.05) is 7.05 Å². The molecular weight excluding hydrogens is 254 g/mol. The number of carbonyl (C=O) groups excluding carboxylic acids is 1. The van der Waals surface area contributed by atoms with Crippen LogP contribution in [0.2, 0.25) is 0 Å². The molecule has 0 N–H and O–H groups in total. The highest BCUT2D eigenvalue weighted by Gasteiger charge is 2.36. The molecule has 5 heteroatoms. The fourth-order valence-corrected chi connectivity index (χ4v) is 3.06. The number of hydrogen-bond donors (Lipinski definition) is 0. The second-order valence-electron chi connectivity index (χ2n) is 5.97. The number of rotatable bonds is 3. The molecule has 1 fully saturated rings. The van der Waals surface area contributed by atoms with Crippen molar-refractivity contribution in [3.8, 4) is 0 Å². The van der Waals surface area contributed by atoms with Crippen LogP contribution in [-0.4, -0.2) is 39.8 Å². The van der Waals surface area contributed by atoms with Crippen LogP contribution in [0.25, 0.3) is 0 Å². The van der Waals surface area contributed by atoms with Crippen LogP contribution in [0.5, 0.6) is 0 Å². The van der Waals surface area contributed by atoms with Gasteiger partial charge < -0.3 is 9.64 Å². The van der Waals surface area contributed by atoms with E-state index in [0.29, 0.717) is 12.6 Å². The van der Waals surface area contributed by atoms with Gasteiger partial charge in [-0.15, -0.1) is 0 Å². The van der Waals surface area contributed by atoms with Gasteiger partial charge in [0.25, 0.3) is 5.91 Å². The van der Waals surface area contributed by atoms with Gasteiger partial charge in [0.1, 0.15) is 5.69 Å². The lowest BCUT2D eigenvalue weighted by Gasteiger charge is -2.25. The van der Waals surface area contributed by atoms with E-state index in [1.54, 1.807) is 0 Å². The number of ether oxygens (including phenoxy) is 1. The third-order valence-electron chi connectivity index (χ3n) is 4.31. The first kappa shape index (κ1) is 13.6.